The molecule has 2 aromatic rings. The average Bonchev–Trinajstić information content (AvgIpc) is 2.39. The Hall–Kier alpha value is -2.01. The molecule has 1 unspecified atom stereocenters. The van der Waals surface area contributed by atoms with Gasteiger partial charge in [0.1, 0.15) is 5.66 Å². The van der Waals surface area contributed by atoms with Crippen LogP contribution in [0.1, 0.15) is 16.8 Å². The molecule has 0 aromatic heterocycles. The molecule has 20 heavy (non-hydrogen) atoms. The summed E-state index contributed by atoms with van der Waals surface area (Å²) in [6.45, 7) is 0. The molecule has 0 bridgehead atoms. The minimum absolute atomic E-state index is 0.197. The molecule has 0 amide bonds. The summed E-state index contributed by atoms with van der Waals surface area (Å²) < 4.78 is 11.7. The monoisotopic (exact) mass is 293 g/mol. The number of rotatable bonds is 4. The molecule has 2 aromatic carbocycles. The third kappa shape index (κ3) is 3.11. The van der Waals surface area contributed by atoms with Crippen molar-refractivity contribution in [2.24, 2.45) is 0 Å². The Morgan fingerprint density at radius 3 is 2.15 bits per heavy atom. The molecule has 7 heteroatoms. The van der Waals surface area contributed by atoms with Gasteiger partial charge in [-0.3, -0.25) is 14.7 Å². The van der Waals surface area contributed by atoms with Crippen LogP contribution in [0.5, 0.6) is 0 Å². The van der Waals surface area contributed by atoms with Crippen molar-refractivity contribution in [2.75, 3.05) is 0 Å². The minimum Gasteiger partial charge on any atom is -0.324 e. The first-order chi connectivity index (χ1) is 9.39. The van der Waals surface area contributed by atoms with Gasteiger partial charge in [-0.2, -0.15) is 0 Å². The topological polar surface area (TPSA) is 101 Å². The predicted molar refractivity (Wildman–Crippen MR) is 73.4 cm³/mol. The van der Waals surface area contributed by atoms with Crippen LogP contribution in [0.4, 0.5) is 5.69 Å². The fraction of sp³-hybridized carbons (Fsp3) is 0.0769. The minimum atomic E-state index is -4.49. The Kier molecular flexibility index (Phi) is 3.99. The number of hydrogen-bond donors (Lipinski definition) is 2. The van der Waals surface area contributed by atoms with E-state index in [0.29, 0.717) is 5.56 Å². The number of hydrogen-bond acceptors (Lipinski definition) is 3. The van der Waals surface area contributed by atoms with Crippen LogP contribution in [0, 0.1) is 10.1 Å². The van der Waals surface area contributed by atoms with Gasteiger partial charge in [-0.05, 0) is 11.1 Å². The average molecular weight is 293 g/mol. The zero-order valence-electron chi connectivity index (χ0n) is 10.3. The Morgan fingerprint density at radius 1 is 1.00 bits per heavy atom. The molecule has 0 aliphatic heterocycles. The van der Waals surface area contributed by atoms with Gasteiger partial charge in [0, 0.05) is 12.1 Å². The lowest BCUT2D eigenvalue weighted by atomic mass is 10.0. The third-order valence-corrected chi connectivity index (χ3v) is 4.12. The van der Waals surface area contributed by atoms with Gasteiger partial charge in [-0.25, -0.2) is 0 Å². The van der Waals surface area contributed by atoms with E-state index >= 15 is 0 Å². The number of nitro benzene ring substituents is 1. The molecule has 0 spiro atoms. The molecule has 0 fully saturated rings. The van der Waals surface area contributed by atoms with Crippen LogP contribution in [0.3, 0.4) is 0 Å². The van der Waals surface area contributed by atoms with Crippen molar-refractivity contribution in [2.45, 2.75) is 5.66 Å². The zero-order valence-corrected chi connectivity index (χ0v) is 11.2. The summed E-state index contributed by atoms with van der Waals surface area (Å²) in [5.41, 5.74) is -0.763. The van der Waals surface area contributed by atoms with Crippen LogP contribution >= 0.6 is 7.60 Å². The van der Waals surface area contributed by atoms with Crippen LogP contribution in [-0.2, 0) is 4.57 Å². The van der Waals surface area contributed by atoms with Gasteiger partial charge in [-0.15, -0.1) is 0 Å². The highest BCUT2D eigenvalue weighted by molar-refractivity contribution is 7.52. The van der Waals surface area contributed by atoms with Crippen molar-refractivity contribution < 1.29 is 19.3 Å². The van der Waals surface area contributed by atoms with Crippen molar-refractivity contribution in [1.82, 2.24) is 0 Å². The standard InChI is InChI=1S/C13H12NO5P/c15-14(16)12-8-4-7-11(9-12)13(20(17,18)19)10-5-2-1-3-6-10/h1-9,13H,(H2,17,18,19). The maximum atomic E-state index is 11.7. The van der Waals surface area contributed by atoms with Crippen molar-refractivity contribution in [3.8, 4) is 0 Å². The Morgan fingerprint density at radius 2 is 1.60 bits per heavy atom. The van der Waals surface area contributed by atoms with Crippen LogP contribution < -0.4 is 0 Å². The normalized spacial score (nSPS) is 12.9. The summed E-state index contributed by atoms with van der Waals surface area (Å²) in [7, 11) is -4.49. The molecular formula is C13H12NO5P. The first-order valence-corrected chi connectivity index (χ1v) is 7.42. The molecule has 104 valence electrons. The molecule has 0 radical (unpaired) electrons. The number of benzene rings is 2. The molecule has 0 heterocycles. The summed E-state index contributed by atoms with van der Waals surface area (Å²) in [5, 5.41) is 10.8. The van der Waals surface area contributed by atoms with E-state index in [4.69, 9.17) is 0 Å². The van der Waals surface area contributed by atoms with E-state index in [0.717, 1.165) is 0 Å². The van der Waals surface area contributed by atoms with Gasteiger partial charge in [0.25, 0.3) is 5.69 Å². The fourth-order valence-electron chi connectivity index (χ4n) is 2.02. The quantitative estimate of drug-likeness (QED) is 0.513. The predicted octanol–water partition coefficient (Wildman–Crippen LogP) is 2.86. The van der Waals surface area contributed by atoms with Crippen LogP contribution in [0.2, 0.25) is 0 Å². The van der Waals surface area contributed by atoms with Gasteiger partial charge < -0.3 is 9.79 Å². The second kappa shape index (κ2) is 5.54. The number of nitrogens with zero attached hydrogens (tertiary/aromatic N) is 1. The summed E-state index contributed by atoms with van der Waals surface area (Å²) in [6.07, 6.45) is 0. The van der Waals surface area contributed by atoms with E-state index in [1.807, 2.05) is 0 Å². The summed E-state index contributed by atoms with van der Waals surface area (Å²) in [6, 6.07) is 13.6. The molecular weight excluding hydrogens is 281 g/mol. The lowest BCUT2D eigenvalue weighted by molar-refractivity contribution is -0.384. The van der Waals surface area contributed by atoms with E-state index in [-0.39, 0.29) is 11.3 Å². The highest BCUT2D eigenvalue weighted by Crippen LogP contribution is 2.55. The van der Waals surface area contributed by atoms with Gasteiger partial charge in [-0.1, -0.05) is 42.5 Å². The van der Waals surface area contributed by atoms with E-state index in [9.17, 15) is 24.5 Å². The van der Waals surface area contributed by atoms with Gasteiger partial charge in [0.2, 0.25) is 0 Å². The maximum Gasteiger partial charge on any atom is 0.337 e. The van der Waals surface area contributed by atoms with Crippen molar-refractivity contribution >= 4 is 13.3 Å². The SMILES string of the molecule is O=[N+]([O-])c1cccc(C(c2ccccc2)P(=O)(O)O)c1. The highest BCUT2D eigenvalue weighted by atomic mass is 31.2. The summed E-state index contributed by atoms with van der Waals surface area (Å²) >= 11 is 0. The first-order valence-electron chi connectivity index (χ1n) is 5.74. The van der Waals surface area contributed by atoms with Gasteiger partial charge in [0.15, 0.2) is 0 Å². The molecule has 6 nitrogen and oxygen atoms in total. The molecule has 0 aliphatic carbocycles. The van der Waals surface area contributed by atoms with Crippen LogP contribution in [-0.4, -0.2) is 14.7 Å². The fourth-order valence-corrected chi connectivity index (χ4v) is 3.13. The highest BCUT2D eigenvalue weighted by Gasteiger charge is 2.32. The lowest BCUT2D eigenvalue weighted by Crippen LogP contribution is -2.03. The van der Waals surface area contributed by atoms with Crippen molar-refractivity contribution in [3.05, 3.63) is 75.8 Å². The number of nitro groups is 1. The smallest absolute Gasteiger partial charge is 0.324 e. The van der Waals surface area contributed by atoms with Crippen LogP contribution in [0.15, 0.2) is 54.6 Å². The second-order valence-electron chi connectivity index (χ2n) is 4.25. The Labute approximate surface area is 115 Å². The molecule has 2 rings (SSSR count). The van der Waals surface area contributed by atoms with Crippen LogP contribution in [0.25, 0.3) is 0 Å². The van der Waals surface area contributed by atoms with E-state index in [1.54, 1.807) is 30.3 Å². The van der Waals surface area contributed by atoms with E-state index in [2.05, 4.69) is 0 Å². The summed E-state index contributed by atoms with van der Waals surface area (Å²) in [4.78, 5) is 29.3. The Bertz CT molecular complexity index is 667. The van der Waals surface area contributed by atoms with Crippen molar-refractivity contribution in [1.29, 1.82) is 0 Å². The van der Waals surface area contributed by atoms with Gasteiger partial charge >= 0.3 is 7.60 Å². The Balaban J connectivity index is 2.56. The van der Waals surface area contributed by atoms with E-state index in [1.165, 1.54) is 24.3 Å². The summed E-state index contributed by atoms with van der Waals surface area (Å²) in [5.74, 6) is 0. The molecule has 2 N–H and O–H groups in total. The van der Waals surface area contributed by atoms with Gasteiger partial charge in [0.05, 0.1) is 4.92 Å². The second-order valence-corrected chi connectivity index (χ2v) is 5.95. The number of non-ortho nitro benzene ring substituents is 1. The molecule has 0 saturated heterocycles. The maximum absolute atomic E-state index is 11.7. The van der Waals surface area contributed by atoms with Crippen molar-refractivity contribution in [3.63, 3.8) is 0 Å². The third-order valence-electron chi connectivity index (χ3n) is 2.85. The molecule has 0 saturated carbocycles. The largest absolute Gasteiger partial charge is 0.337 e. The lowest BCUT2D eigenvalue weighted by Gasteiger charge is -2.19. The molecule has 0 aliphatic rings. The molecule has 1 atom stereocenters. The first kappa shape index (κ1) is 14.4. The zero-order chi connectivity index (χ0) is 14.8. The van der Waals surface area contributed by atoms with E-state index < -0.39 is 18.2 Å².